The lowest BCUT2D eigenvalue weighted by atomic mass is 9.73. The number of rotatable bonds is 1. The molecule has 0 saturated heterocycles. The van der Waals surface area contributed by atoms with Gasteiger partial charge >= 0.3 is 0 Å². The minimum Gasteiger partial charge on any atom is -0.353 e. The van der Waals surface area contributed by atoms with Crippen molar-refractivity contribution in [3.63, 3.8) is 0 Å². The summed E-state index contributed by atoms with van der Waals surface area (Å²) in [6.07, 6.45) is 3.01. The van der Waals surface area contributed by atoms with Crippen LogP contribution in [-0.2, 0) is 4.79 Å². The Morgan fingerprint density at radius 2 is 1.93 bits per heavy atom. The van der Waals surface area contributed by atoms with Crippen molar-refractivity contribution in [2.24, 2.45) is 5.41 Å². The van der Waals surface area contributed by atoms with Gasteiger partial charge in [0.25, 0.3) is 0 Å². The van der Waals surface area contributed by atoms with E-state index < -0.39 is 0 Å². The van der Waals surface area contributed by atoms with E-state index in [4.69, 9.17) is 4.63 Å². The van der Waals surface area contributed by atoms with Gasteiger partial charge in [-0.25, -0.2) is 4.63 Å². The van der Waals surface area contributed by atoms with Gasteiger partial charge < -0.3 is 10.6 Å². The lowest BCUT2D eigenvalue weighted by molar-refractivity contribution is -0.118. The van der Waals surface area contributed by atoms with Gasteiger partial charge in [0.05, 0.1) is 11.6 Å². The van der Waals surface area contributed by atoms with Crippen LogP contribution in [0.15, 0.2) is 52.4 Å². The summed E-state index contributed by atoms with van der Waals surface area (Å²) >= 11 is 0. The molecule has 1 atom stereocenters. The number of allylic oxidation sites excluding steroid dienone is 1. The maximum absolute atomic E-state index is 13.2. The Morgan fingerprint density at radius 3 is 2.81 bits per heavy atom. The average molecular weight is 361 g/mol. The molecule has 136 valence electrons. The highest BCUT2D eigenvalue weighted by molar-refractivity contribution is 6.01. The van der Waals surface area contributed by atoms with Crippen LogP contribution in [0.25, 0.3) is 10.9 Å². The number of anilines is 2. The Labute approximate surface area is 155 Å². The number of Topliss-reactive ketones (excluding diaryl/α,β-unsaturated/α-hetero) is 1. The van der Waals surface area contributed by atoms with Crippen LogP contribution in [0.1, 0.15) is 38.3 Å². The van der Waals surface area contributed by atoms with Crippen molar-refractivity contribution in [3.05, 3.63) is 53.4 Å². The third-order valence-corrected chi connectivity index (χ3v) is 5.22. The zero-order valence-electron chi connectivity index (χ0n) is 15.1. The quantitative estimate of drug-likeness (QED) is 0.680. The molecule has 7 heteroatoms. The summed E-state index contributed by atoms with van der Waals surface area (Å²) in [6.45, 7) is 4.20. The molecular weight excluding hydrogens is 342 g/mol. The van der Waals surface area contributed by atoms with Gasteiger partial charge in [0.15, 0.2) is 5.78 Å². The molecule has 5 rings (SSSR count). The zero-order valence-corrected chi connectivity index (χ0v) is 15.1. The molecule has 7 nitrogen and oxygen atoms in total. The Morgan fingerprint density at radius 1 is 1.11 bits per heavy atom. The number of carbonyl (C=O) groups is 1. The van der Waals surface area contributed by atoms with Gasteiger partial charge in [0.2, 0.25) is 11.6 Å². The summed E-state index contributed by atoms with van der Waals surface area (Å²) in [5.41, 5.74) is 3.28. The summed E-state index contributed by atoms with van der Waals surface area (Å²) in [5.74, 6) is 1.12. The third-order valence-electron chi connectivity index (χ3n) is 5.22. The van der Waals surface area contributed by atoms with Gasteiger partial charge in [0.1, 0.15) is 0 Å². The van der Waals surface area contributed by atoms with Crippen molar-refractivity contribution < 1.29 is 9.42 Å². The van der Waals surface area contributed by atoms with Crippen LogP contribution in [0.3, 0.4) is 0 Å². The molecule has 27 heavy (non-hydrogen) atoms. The molecule has 0 saturated carbocycles. The van der Waals surface area contributed by atoms with Gasteiger partial charge in [-0.05, 0) is 28.2 Å². The molecule has 1 aliphatic carbocycles. The summed E-state index contributed by atoms with van der Waals surface area (Å²) in [6, 6.07) is 9.56. The van der Waals surface area contributed by atoms with Crippen molar-refractivity contribution in [3.8, 4) is 0 Å². The highest BCUT2D eigenvalue weighted by atomic mass is 16.6. The number of fused-ring (bicyclic) bond motifs is 2. The molecule has 1 unspecified atom stereocenters. The summed E-state index contributed by atoms with van der Waals surface area (Å²) < 4.78 is 4.91. The Kier molecular flexibility index (Phi) is 3.34. The van der Waals surface area contributed by atoms with Gasteiger partial charge in [-0.3, -0.25) is 9.78 Å². The van der Waals surface area contributed by atoms with Crippen molar-refractivity contribution >= 4 is 28.3 Å². The van der Waals surface area contributed by atoms with Crippen LogP contribution in [0.2, 0.25) is 0 Å². The summed E-state index contributed by atoms with van der Waals surface area (Å²) in [5, 5.41) is 15.6. The summed E-state index contributed by atoms with van der Waals surface area (Å²) in [7, 11) is 0. The zero-order chi connectivity index (χ0) is 18.6. The van der Waals surface area contributed by atoms with Crippen LogP contribution in [0.4, 0.5) is 11.6 Å². The molecule has 1 aromatic carbocycles. The molecule has 2 N–H and O–H groups in total. The lowest BCUT2D eigenvalue weighted by Gasteiger charge is -2.34. The van der Waals surface area contributed by atoms with Crippen LogP contribution >= 0.6 is 0 Å². The fraction of sp³-hybridized carbons (Fsp3) is 0.300. The lowest BCUT2D eigenvalue weighted by Crippen LogP contribution is -2.31. The molecule has 1 aliphatic heterocycles. The maximum Gasteiger partial charge on any atom is 0.219 e. The first-order valence-corrected chi connectivity index (χ1v) is 8.98. The Bertz CT molecular complexity index is 1090. The molecule has 3 aromatic rings. The van der Waals surface area contributed by atoms with Gasteiger partial charge in [0, 0.05) is 34.8 Å². The molecule has 3 heterocycles. The Hall–Kier alpha value is -3.22. The van der Waals surface area contributed by atoms with Crippen molar-refractivity contribution in [1.29, 1.82) is 0 Å². The van der Waals surface area contributed by atoms with E-state index in [2.05, 4.69) is 39.8 Å². The smallest absolute Gasteiger partial charge is 0.219 e. The number of hydrogen-bond acceptors (Lipinski definition) is 7. The van der Waals surface area contributed by atoms with E-state index in [1.54, 1.807) is 6.20 Å². The van der Waals surface area contributed by atoms with Crippen LogP contribution in [0, 0.1) is 5.41 Å². The van der Waals surface area contributed by atoms with Crippen LogP contribution < -0.4 is 10.6 Å². The van der Waals surface area contributed by atoms with E-state index in [-0.39, 0.29) is 17.2 Å². The number of carbonyl (C=O) groups excluding carboxylic acids is 1. The van der Waals surface area contributed by atoms with E-state index in [1.807, 2.05) is 30.3 Å². The Balaban J connectivity index is 1.75. The SMILES string of the molecule is CC1(C)CC(=O)C2=C(C1)Nc1nonc1NC2c1cccc2cccnc12. The fourth-order valence-electron chi connectivity index (χ4n) is 4.09. The van der Waals surface area contributed by atoms with Crippen LogP contribution in [-0.4, -0.2) is 21.1 Å². The normalized spacial score (nSPS) is 21.1. The highest BCUT2D eigenvalue weighted by Crippen LogP contribution is 2.45. The first kappa shape index (κ1) is 16.0. The number of benzene rings is 1. The van der Waals surface area contributed by atoms with E-state index in [1.165, 1.54) is 0 Å². The second-order valence-corrected chi connectivity index (χ2v) is 7.92. The summed E-state index contributed by atoms with van der Waals surface area (Å²) in [4.78, 5) is 17.7. The fourth-order valence-corrected chi connectivity index (χ4v) is 4.09. The second-order valence-electron chi connectivity index (χ2n) is 7.92. The molecule has 0 amide bonds. The van der Waals surface area contributed by atoms with E-state index in [0.717, 1.165) is 34.2 Å². The monoisotopic (exact) mass is 361 g/mol. The molecule has 0 radical (unpaired) electrons. The van der Waals surface area contributed by atoms with Gasteiger partial charge in [-0.15, -0.1) is 0 Å². The topological polar surface area (TPSA) is 92.9 Å². The predicted molar refractivity (Wildman–Crippen MR) is 101 cm³/mol. The number of para-hydroxylation sites is 1. The van der Waals surface area contributed by atoms with E-state index in [0.29, 0.717) is 18.1 Å². The third kappa shape index (κ3) is 2.58. The van der Waals surface area contributed by atoms with Gasteiger partial charge in [-0.2, -0.15) is 0 Å². The predicted octanol–water partition coefficient (Wildman–Crippen LogP) is 3.84. The van der Waals surface area contributed by atoms with Gasteiger partial charge in [-0.1, -0.05) is 38.1 Å². The number of pyridine rings is 1. The first-order chi connectivity index (χ1) is 13.0. The highest BCUT2D eigenvalue weighted by Gasteiger charge is 2.40. The molecule has 2 aliphatic rings. The van der Waals surface area contributed by atoms with Crippen molar-refractivity contribution in [1.82, 2.24) is 15.3 Å². The molecule has 0 spiro atoms. The molecule has 0 fully saturated rings. The first-order valence-electron chi connectivity index (χ1n) is 8.98. The molecule has 2 aromatic heterocycles. The number of nitrogens with zero attached hydrogens (tertiary/aromatic N) is 3. The van der Waals surface area contributed by atoms with Crippen LogP contribution in [0.5, 0.6) is 0 Å². The largest absolute Gasteiger partial charge is 0.353 e. The second kappa shape index (κ2) is 5.64. The van der Waals surface area contributed by atoms with E-state index >= 15 is 0 Å². The number of aromatic nitrogens is 3. The number of hydrogen-bond donors (Lipinski definition) is 2. The van der Waals surface area contributed by atoms with E-state index in [9.17, 15) is 4.79 Å². The van der Waals surface area contributed by atoms with Crippen molar-refractivity contribution in [2.75, 3.05) is 10.6 Å². The number of ketones is 1. The molecular formula is C20H19N5O2. The number of nitrogens with one attached hydrogen (secondary N) is 2. The standard InChI is InChI=1S/C20H19N5O2/c1-20(2)9-13-15(14(26)10-20)17(23-19-18(22-13)24-27-25-19)12-7-3-5-11-6-4-8-21-16(11)12/h3-8,17H,9-10H2,1-2H3,(H,22,24)(H,23,25). The van der Waals surface area contributed by atoms with Crippen molar-refractivity contribution in [2.45, 2.75) is 32.7 Å². The average Bonchev–Trinajstić information content (AvgIpc) is 2.99. The minimum absolute atomic E-state index is 0.119. The maximum atomic E-state index is 13.2. The molecule has 0 bridgehead atoms. The minimum atomic E-state index is -0.372.